The second-order valence-electron chi connectivity index (χ2n) is 4.61. The SMILES string of the molecule is CCNCCNC(C)(C)c1ccccc1OC. The van der Waals surface area contributed by atoms with Crippen LogP contribution in [-0.4, -0.2) is 26.7 Å². The lowest BCUT2D eigenvalue weighted by atomic mass is 9.93. The summed E-state index contributed by atoms with van der Waals surface area (Å²) in [6, 6.07) is 8.16. The maximum Gasteiger partial charge on any atom is 0.123 e. The summed E-state index contributed by atoms with van der Waals surface area (Å²) in [5.74, 6) is 0.938. The Hall–Kier alpha value is -1.06. The molecule has 0 saturated heterocycles. The zero-order valence-electron chi connectivity index (χ0n) is 11.3. The summed E-state index contributed by atoms with van der Waals surface area (Å²) in [6.07, 6.45) is 0. The van der Waals surface area contributed by atoms with Gasteiger partial charge in [-0.25, -0.2) is 0 Å². The quantitative estimate of drug-likeness (QED) is 0.712. The summed E-state index contributed by atoms with van der Waals surface area (Å²) in [7, 11) is 1.72. The van der Waals surface area contributed by atoms with Crippen molar-refractivity contribution >= 4 is 0 Å². The summed E-state index contributed by atoms with van der Waals surface area (Å²) in [6.45, 7) is 9.41. The smallest absolute Gasteiger partial charge is 0.123 e. The summed E-state index contributed by atoms with van der Waals surface area (Å²) in [4.78, 5) is 0. The molecular weight excluding hydrogens is 212 g/mol. The summed E-state index contributed by atoms with van der Waals surface area (Å²) in [5.41, 5.74) is 1.11. The fourth-order valence-electron chi connectivity index (χ4n) is 1.90. The lowest BCUT2D eigenvalue weighted by molar-refractivity contribution is 0.359. The van der Waals surface area contributed by atoms with Gasteiger partial charge < -0.3 is 15.4 Å². The van der Waals surface area contributed by atoms with Crippen LogP contribution < -0.4 is 15.4 Å². The van der Waals surface area contributed by atoms with Crippen LogP contribution in [0.4, 0.5) is 0 Å². The van der Waals surface area contributed by atoms with Crippen molar-refractivity contribution in [2.75, 3.05) is 26.7 Å². The number of benzene rings is 1. The Labute approximate surface area is 105 Å². The van der Waals surface area contributed by atoms with E-state index in [1.807, 2.05) is 18.2 Å². The molecule has 0 atom stereocenters. The molecule has 0 bridgehead atoms. The molecule has 0 fully saturated rings. The minimum Gasteiger partial charge on any atom is -0.496 e. The highest BCUT2D eigenvalue weighted by Crippen LogP contribution is 2.28. The Kier molecular flexibility index (Phi) is 5.45. The molecule has 2 N–H and O–H groups in total. The van der Waals surface area contributed by atoms with E-state index in [0.29, 0.717) is 0 Å². The van der Waals surface area contributed by atoms with Gasteiger partial charge in [-0.3, -0.25) is 0 Å². The Bertz CT molecular complexity index is 337. The third-order valence-corrected chi connectivity index (χ3v) is 2.90. The van der Waals surface area contributed by atoms with Crippen LogP contribution >= 0.6 is 0 Å². The fourth-order valence-corrected chi connectivity index (χ4v) is 1.90. The van der Waals surface area contributed by atoms with Crippen molar-refractivity contribution in [1.29, 1.82) is 0 Å². The number of hydrogen-bond acceptors (Lipinski definition) is 3. The van der Waals surface area contributed by atoms with E-state index in [9.17, 15) is 0 Å². The van der Waals surface area contributed by atoms with Crippen LogP contribution in [0.25, 0.3) is 0 Å². The van der Waals surface area contributed by atoms with Gasteiger partial charge in [0.15, 0.2) is 0 Å². The normalized spacial score (nSPS) is 11.5. The van der Waals surface area contributed by atoms with E-state index in [1.54, 1.807) is 7.11 Å². The van der Waals surface area contributed by atoms with Crippen molar-refractivity contribution in [3.8, 4) is 5.75 Å². The fraction of sp³-hybridized carbons (Fsp3) is 0.571. The Morgan fingerprint density at radius 2 is 1.88 bits per heavy atom. The lowest BCUT2D eigenvalue weighted by Gasteiger charge is -2.28. The minimum absolute atomic E-state index is 0.0813. The molecule has 0 spiro atoms. The average molecular weight is 236 g/mol. The first-order valence-corrected chi connectivity index (χ1v) is 6.21. The van der Waals surface area contributed by atoms with Crippen LogP contribution in [0.2, 0.25) is 0 Å². The minimum atomic E-state index is -0.0813. The molecule has 0 saturated carbocycles. The van der Waals surface area contributed by atoms with E-state index in [4.69, 9.17) is 4.74 Å². The van der Waals surface area contributed by atoms with Crippen LogP contribution in [0.3, 0.4) is 0 Å². The first-order valence-electron chi connectivity index (χ1n) is 6.21. The third-order valence-electron chi connectivity index (χ3n) is 2.90. The summed E-state index contributed by atoms with van der Waals surface area (Å²) in [5, 5.41) is 6.85. The molecule has 0 radical (unpaired) electrons. The summed E-state index contributed by atoms with van der Waals surface area (Å²) >= 11 is 0. The Balaban J connectivity index is 2.67. The number of rotatable bonds is 7. The van der Waals surface area contributed by atoms with Crippen LogP contribution in [0.5, 0.6) is 5.75 Å². The molecule has 3 nitrogen and oxygen atoms in total. The van der Waals surface area contributed by atoms with Crippen molar-refractivity contribution in [3.63, 3.8) is 0 Å². The standard InChI is InChI=1S/C14H24N2O/c1-5-15-10-11-16-14(2,3)12-8-6-7-9-13(12)17-4/h6-9,15-16H,5,10-11H2,1-4H3. The van der Waals surface area contributed by atoms with E-state index >= 15 is 0 Å². The van der Waals surface area contributed by atoms with E-state index in [0.717, 1.165) is 25.4 Å². The Morgan fingerprint density at radius 1 is 1.18 bits per heavy atom. The van der Waals surface area contributed by atoms with Gasteiger partial charge >= 0.3 is 0 Å². The van der Waals surface area contributed by atoms with E-state index in [-0.39, 0.29) is 5.54 Å². The second-order valence-corrected chi connectivity index (χ2v) is 4.61. The van der Waals surface area contributed by atoms with Gasteiger partial charge in [0.25, 0.3) is 0 Å². The van der Waals surface area contributed by atoms with Crippen molar-refractivity contribution in [2.45, 2.75) is 26.3 Å². The molecule has 0 aliphatic carbocycles. The van der Waals surface area contributed by atoms with Gasteiger partial charge in [0.1, 0.15) is 5.75 Å². The van der Waals surface area contributed by atoms with Gasteiger partial charge in [0, 0.05) is 24.2 Å². The molecule has 0 aliphatic rings. The van der Waals surface area contributed by atoms with Crippen molar-refractivity contribution in [2.24, 2.45) is 0 Å². The third kappa shape index (κ3) is 4.02. The molecule has 0 aromatic heterocycles. The predicted molar refractivity (Wildman–Crippen MR) is 72.6 cm³/mol. The number of para-hydroxylation sites is 1. The zero-order valence-corrected chi connectivity index (χ0v) is 11.3. The zero-order chi connectivity index (χ0) is 12.7. The topological polar surface area (TPSA) is 33.3 Å². The first-order chi connectivity index (χ1) is 8.11. The molecule has 1 aromatic rings. The van der Waals surface area contributed by atoms with Crippen LogP contribution in [-0.2, 0) is 5.54 Å². The molecule has 0 amide bonds. The molecule has 17 heavy (non-hydrogen) atoms. The van der Waals surface area contributed by atoms with Crippen LogP contribution in [0.15, 0.2) is 24.3 Å². The monoisotopic (exact) mass is 236 g/mol. The maximum absolute atomic E-state index is 5.40. The number of methoxy groups -OCH3 is 1. The van der Waals surface area contributed by atoms with Crippen LogP contribution in [0, 0.1) is 0 Å². The van der Waals surface area contributed by atoms with Crippen molar-refractivity contribution in [3.05, 3.63) is 29.8 Å². The van der Waals surface area contributed by atoms with Crippen molar-refractivity contribution in [1.82, 2.24) is 10.6 Å². The molecule has 0 aliphatic heterocycles. The molecule has 96 valence electrons. The van der Waals surface area contributed by atoms with E-state index in [2.05, 4.69) is 37.5 Å². The van der Waals surface area contributed by atoms with E-state index < -0.39 is 0 Å². The maximum atomic E-state index is 5.40. The second kappa shape index (κ2) is 6.62. The van der Waals surface area contributed by atoms with Gasteiger partial charge in [0.05, 0.1) is 7.11 Å². The highest BCUT2D eigenvalue weighted by atomic mass is 16.5. The molecule has 1 aromatic carbocycles. The Morgan fingerprint density at radius 3 is 2.53 bits per heavy atom. The molecule has 3 heteroatoms. The highest BCUT2D eigenvalue weighted by Gasteiger charge is 2.22. The van der Waals surface area contributed by atoms with Gasteiger partial charge in [-0.05, 0) is 26.5 Å². The first kappa shape index (κ1) is 14.0. The molecule has 0 unspecified atom stereocenters. The molecule has 0 heterocycles. The molecular formula is C14H24N2O. The van der Waals surface area contributed by atoms with E-state index in [1.165, 1.54) is 5.56 Å². The molecule has 1 rings (SSSR count). The number of ether oxygens (including phenoxy) is 1. The predicted octanol–water partition coefficient (Wildman–Crippen LogP) is 2.13. The average Bonchev–Trinajstić information content (AvgIpc) is 2.34. The van der Waals surface area contributed by atoms with Crippen LogP contribution in [0.1, 0.15) is 26.3 Å². The van der Waals surface area contributed by atoms with Gasteiger partial charge in [-0.2, -0.15) is 0 Å². The lowest BCUT2D eigenvalue weighted by Crippen LogP contribution is -2.40. The number of likely N-dealkylation sites (N-methyl/N-ethyl adjacent to an activating group) is 1. The van der Waals surface area contributed by atoms with Crippen molar-refractivity contribution < 1.29 is 4.74 Å². The van der Waals surface area contributed by atoms with Gasteiger partial charge in [-0.1, -0.05) is 25.1 Å². The summed E-state index contributed by atoms with van der Waals surface area (Å²) < 4.78 is 5.40. The number of nitrogens with one attached hydrogen (secondary N) is 2. The van der Waals surface area contributed by atoms with Gasteiger partial charge in [0.2, 0.25) is 0 Å². The largest absolute Gasteiger partial charge is 0.496 e. The van der Waals surface area contributed by atoms with Gasteiger partial charge in [-0.15, -0.1) is 0 Å². The number of hydrogen-bond donors (Lipinski definition) is 2. The highest BCUT2D eigenvalue weighted by molar-refractivity contribution is 5.38.